The first-order valence-electron chi connectivity index (χ1n) is 11.9. The summed E-state index contributed by atoms with van der Waals surface area (Å²) in [4.78, 5) is 27.0. The Balaban J connectivity index is 1.47. The summed E-state index contributed by atoms with van der Waals surface area (Å²) in [7, 11) is 0. The van der Waals surface area contributed by atoms with Gasteiger partial charge in [-0.3, -0.25) is 9.78 Å². The molecule has 0 amide bonds. The first kappa shape index (κ1) is 21.5. The molecule has 4 heterocycles. The van der Waals surface area contributed by atoms with Crippen molar-refractivity contribution in [3.63, 3.8) is 0 Å². The highest BCUT2D eigenvalue weighted by atomic mass is 16.1. The summed E-state index contributed by atoms with van der Waals surface area (Å²) in [6, 6.07) is 12.4. The second kappa shape index (κ2) is 8.03. The molecule has 1 fully saturated rings. The summed E-state index contributed by atoms with van der Waals surface area (Å²) < 4.78 is 3.63. The topological polar surface area (TPSA) is 113 Å². The zero-order chi connectivity index (χ0) is 24.2. The number of nitrogens with one attached hydrogen (secondary N) is 2. The van der Waals surface area contributed by atoms with E-state index in [1.165, 1.54) is 11.1 Å². The molecule has 6 rings (SSSR count). The maximum atomic E-state index is 13.3. The van der Waals surface area contributed by atoms with E-state index in [4.69, 9.17) is 4.98 Å². The summed E-state index contributed by atoms with van der Waals surface area (Å²) in [6.45, 7) is 5.52. The van der Waals surface area contributed by atoms with Gasteiger partial charge in [0.1, 0.15) is 5.39 Å². The van der Waals surface area contributed by atoms with Gasteiger partial charge < -0.3 is 10.6 Å². The van der Waals surface area contributed by atoms with E-state index in [1.54, 1.807) is 17.1 Å². The molecule has 35 heavy (non-hydrogen) atoms. The number of hydrogen-bond donors (Lipinski definition) is 2. The third-order valence-corrected chi connectivity index (χ3v) is 6.77. The minimum Gasteiger partial charge on any atom is -0.324 e. The smallest absolute Gasteiger partial charge is 0.278 e. The van der Waals surface area contributed by atoms with Crippen molar-refractivity contribution in [1.82, 2.24) is 29.6 Å². The van der Waals surface area contributed by atoms with Crippen LogP contribution in [-0.2, 0) is 18.4 Å². The molecule has 0 bridgehead atoms. The van der Waals surface area contributed by atoms with E-state index in [2.05, 4.69) is 38.8 Å². The number of anilines is 2. The lowest BCUT2D eigenvalue weighted by molar-refractivity contribution is 0.558. The number of rotatable bonds is 5. The predicted octanol–water partition coefficient (Wildman–Crippen LogP) is 3.50. The van der Waals surface area contributed by atoms with Crippen molar-refractivity contribution < 1.29 is 0 Å². The van der Waals surface area contributed by atoms with Crippen molar-refractivity contribution in [3.8, 4) is 11.8 Å². The van der Waals surface area contributed by atoms with E-state index >= 15 is 0 Å². The molecule has 1 aromatic carbocycles. The van der Waals surface area contributed by atoms with Gasteiger partial charge in [0.05, 0.1) is 28.9 Å². The Kier molecular flexibility index (Phi) is 4.93. The van der Waals surface area contributed by atoms with Crippen LogP contribution in [0, 0.1) is 11.3 Å². The Morgan fingerprint density at radius 1 is 1.17 bits per heavy atom. The van der Waals surface area contributed by atoms with Crippen molar-refractivity contribution in [2.75, 3.05) is 11.9 Å². The average molecular weight is 467 g/mol. The summed E-state index contributed by atoms with van der Waals surface area (Å²) in [5.74, 6) is 0.430. The SMILES string of the molecule is CC(C)(C#N)c1cc(-n2c3nc(Nc4ccc5c(c4)CCNC5)ncc3c(=O)n2C2CC2)ccn1. The van der Waals surface area contributed by atoms with Gasteiger partial charge >= 0.3 is 0 Å². The largest absolute Gasteiger partial charge is 0.324 e. The molecule has 1 saturated carbocycles. The van der Waals surface area contributed by atoms with Gasteiger partial charge in [-0.05, 0) is 75.0 Å². The van der Waals surface area contributed by atoms with Crippen molar-refractivity contribution >= 4 is 22.7 Å². The second-order valence-electron chi connectivity index (χ2n) is 9.79. The Morgan fingerprint density at radius 2 is 2.03 bits per heavy atom. The maximum absolute atomic E-state index is 13.3. The van der Waals surface area contributed by atoms with Crippen molar-refractivity contribution in [3.05, 3.63) is 69.9 Å². The van der Waals surface area contributed by atoms with E-state index in [0.29, 0.717) is 22.7 Å². The number of nitriles is 1. The van der Waals surface area contributed by atoms with Gasteiger partial charge in [-0.2, -0.15) is 10.2 Å². The van der Waals surface area contributed by atoms with Crippen molar-refractivity contribution in [1.29, 1.82) is 5.26 Å². The molecule has 3 aromatic heterocycles. The van der Waals surface area contributed by atoms with Crippen LogP contribution in [0.4, 0.5) is 11.6 Å². The van der Waals surface area contributed by atoms with Crippen LogP contribution < -0.4 is 16.2 Å². The molecule has 0 spiro atoms. The van der Waals surface area contributed by atoms with Gasteiger partial charge in [0.15, 0.2) is 5.65 Å². The molecule has 0 unspecified atom stereocenters. The Morgan fingerprint density at radius 3 is 2.83 bits per heavy atom. The highest BCUT2D eigenvalue weighted by molar-refractivity contribution is 5.77. The molecule has 1 aliphatic carbocycles. The van der Waals surface area contributed by atoms with Gasteiger partial charge in [0.25, 0.3) is 5.56 Å². The van der Waals surface area contributed by atoms with Crippen LogP contribution in [0.25, 0.3) is 16.7 Å². The molecule has 2 N–H and O–H groups in total. The summed E-state index contributed by atoms with van der Waals surface area (Å²) >= 11 is 0. The van der Waals surface area contributed by atoms with E-state index in [9.17, 15) is 10.1 Å². The molecular weight excluding hydrogens is 440 g/mol. The van der Waals surface area contributed by atoms with Gasteiger partial charge in [-0.1, -0.05) is 6.07 Å². The van der Waals surface area contributed by atoms with Crippen LogP contribution in [0.5, 0.6) is 0 Å². The highest BCUT2D eigenvalue weighted by Gasteiger charge is 2.31. The number of hydrogen-bond acceptors (Lipinski definition) is 7. The summed E-state index contributed by atoms with van der Waals surface area (Å²) in [5.41, 5.74) is 4.61. The molecule has 9 nitrogen and oxygen atoms in total. The quantitative estimate of drug-likeness (QED) is 0.463. The highest BCUT2D eigenvalue weighted by Crippen LogP contribution is 2.36. The average Bonchev–Trinajstić information content (AvgIpc) is 3.68. The van der Waals surface area contributed by atoms with Crippen LogP contribution in [0.2, 0.25) is 0 Å². The minimum absolute atomic E-state index is 0.103. The lowest BCUT2D eigenvalue weighted by Gasteiger charge is -2.18. The number of benzene rings is 1. The second-order valence-corrected chi connectivity index (χ2v) is 9.79. The standard InChI is InChI=1S/C26H26N8O/c1-26(2,15-27)22-12-20(8-10-29-22)33-23-21(24(35)34(33)19-5-6-19)14-30-25(32-23)31-18-4-3-17-13-28-9-7-16(17)11-18/h3-4,8,10-12,14,19,28H,5-7,9,13H2,1-2H3,(H,30,31,32). The molecular formula is C26H26N8O. The lowest BCUT2D eigenvalue weighted by Crippen LogP contribution is -2.23. The van der Waals surface area contributed by atoms with Crippen molar-refractivity contribution in [2.45, 2.75) is 51.1 Å². The molecule has 9 heteroatoms. The van der Waals surface area contributed by atoms with Crippen LogP contribution in [0.3, 0.4) is 0 Å². The fourth-order valence-corrected chi connectivity index (χ4v) is 4.59. The van der Waals surface area contributed by atoms with E-state index < -0.39 is 5.41 Å². The monoisotopic (exact) mass is 466 g/mol. The van der Waals surface area contributed by atoms with E-state index in [-0.39, 0.29) is 11.6 Å². The first-order valence-corrected chi connectivity index (χ1v) is 11.9. The van der Waals surface area contributed by atoms with Gasteiger partial charge in [-0.15, -0.1) is 0 Å². The van der Waals surface area contributed by atoms with Crippen LogP contribution in [0.1, 0.15) is 49.6 Å². The van der Waals surface area contributed by atoms with Gasteiger partial charge in [0.2, 0.25) is 5.95 Å². The third kappa shape index (κ3) is 3.76. The zero-order valence-corrected chi connectivity index (χ0v) is 19.7. The normalized spacial score (nSPS) is 15.6. The van der Waals surface area contributed by atoms with Crippen LogP contribution in [-0.4, -0.2) is 30.9 Å². The fourth-order valence-electron chi connectivity index (χ4n) is 4.59. The Bertz CT molecular complexity index is 1550. The van der Waals surface area contributed by atoms with E-state index in [1.807, 2.05) is 36.7 Å². The van der Waals surface area contributed by atoms with Gasteiger partial charge in [-0.25, -0.2) is 14.3 Å². The molecule has 176 valence electrons. The summed E-state index contributed by atoms with van der Waals surface area (Å²) in [6.07, 6.45) is 6.16. The molecule has 0 radical (unpaired) electrons. The molecule has 0 saturated heterocycles. The Labute approximate surface area is 202 Å². The number of nitrogens with zero attached hydrogens (tertiary/aromatic N) is 6. The molecule has 2 aliphatic rings. The predicted molar refractivity (Wildman–Crippen MR) is 133 cm³/mol. The maximum Gasteiger partial charge on any atom is 0.278 e. The first-order chi connectivity index (χ1) is 16.9. The number of aromatic nitrogens is 5. The number of pyridine rings is 1. The lowest BCUT2D eigenvalue weighted by atomic mass is 9.91. The zero-order valence-electron chi connectivity index (χ0n) is 19.7. The summed E-state index contributed by atoms with van der Waals surface area (Å²) in [5, 5.41) is 16.8. The molecule has 4 aromatic rings. The van der Waals surface area contributed by atoms with Gasteiger partial charge in [0, 0.05) is 24.6 Å². The molecule has 1 aliphatic heterocycles. The van der Waals surface area contributed by atoms with Crippen LogP contribution in [0.15, 0.2) is 47.5 Å². The minimum atomic E-state index is -0.757. The van der Waals surface area contributed by atoms with E-state index in [0.717, 1.165) is 43.7 Å². The number of fused-ring (bicyclic) bond motifs is 2. The third-order valence-electron chi connectivity index (χ3n) is 6.77. The molecule has 0 atom stereocenters. The van der Waals surface area contributed by atoms with Crippen LogP contribution >= 0.6 is 0 Å². The Hall–Kier alpha value is -4.03. The van der Waals surface area contributed by atoms with Crippen molar-refractivity contribution in [2.24, 2.45) is 0 Å². The fraction of sp³-hybridized carbons (Fsp3) is 0.346.